The van der Waals surface area contributed by atoms with Gasteiger partial charge in [0.2, 0.25) is 0 Å². The molecule has 0 aliphatic carbocycles. The van der Waals surface area contributed by atoms with Gasteiger partial charge in [-0.25, -0.2) is 4.98 Å². The standard InChI is InChI=1S/C41H30N2/c1-2-39-42-37-22-11-12-23-38(37)43(39)32-19-13-18-31(26-32)41-34-21-10-9-20-33(34)40(29-16-7-4-8-17-29)36-27-30(24-25-35(36)41)28-14-5-3-6-15-28/h3-27H,2H2,1H3/i3D,5D,6D,14D,15D. The average Bonchev–Trinajstić information content (AvgIpc) is 3.51. The molecule has 1 heterocycles. The van der Waals surface area contributed by atoms with Gasteiger partial charge in [0.15, 0.2) is 0 Å². The van der Waals surface area contributed by atoms with Gasteiger partial charge in [-0.3, -0.25) is 4.57 Å². The molecule has 0 atom stereocenters. The molecule has 0 aliphatic rings. The van der Waals surface area contributed by atoms with Crippen LogP contribution in [0.2, 0.25) is 0 Å². The SMILES string of the molecule is [2H]c1c([2H])c([2H])c(-c2ccc3c(-c4cccc(-n5c(CC)nc6ccccc65)c4)c4ccccc4c(-c4ccccc4)c3c2)c([2H])c1[2H]. The van der Waals surface area contributed by atoms with Crippen LogP contribution >= 0.6 is 0 Å². The highest BCUT2D eigenvalue weighted by atomic mass is 15.1. The molecule has 2 heteroatoms. The molecule has 0 fully saturated rings. The van der Waals surface area contributed by atoms with E-state index in [-0.39, 0.29) is 29.7 Å². The molecule has 0 amide bonds. The molecule has 8 rings (SSSR count). The second kappa shape index (κ2) is 10.4. The van der Waals surface area contributed by atoms with Crippen molar-refractivity contribution in [3.05, 3.63) is 157 Å². The summed E-state index contributed by atoms with van der Waals surface area (Å²) in [7, 11) is 0. The fraction of sp³-hybridized carbons (Fsp3) is 0.0488. The Morgan fingerprint density at radius 3 is 2.02 bits per heavy atom. The fourth-order valence-corrected chi connectivity index (χ4v) is 6.36. The predicted molar refractivity (Wildman–Crippen MR) is 182 cm³/mol. The summed E-state index contributed by atoms with van der Waals surface area (Å²) in [6.45, 7) is 2.12. The smallest absolute Gasteiger partial charge is 0.114 e. The Kier molecular flexibility index (Phi) is 4.95. The maximum absolute atomic E-state index is 8.71. The van der Waals surface area contributed by atoms with Crippen molar-refractivity contribution in [2.24, 2.45) is 0 Å². The monoisotopic (exact) mass is 555 g/mol. The van der Waals surface area contributed by atoms with Crippen molar-refractivity contribution in [2.45, 2.75) is 13.3 Å². The maximum atomic E-state index is 8.71. The van der Waals surface area contributed by atoms with Crippen LogP contribution in [0.15, 0.2) is 152 Å². The molecule has 204 valence electrons. The third-order valence-corrected chi connectivity index (χ3v) is 8.21. The number of imidazole rings is 1. The molecular formula is C41H30N2. The van der Waals surface area contributed by atoms with E-state index in [2.05, 4.69) is 72.2 Å². The number of fused-ring (bicyclic) bond motifs is 3. The second-order valence-electron chi connectivity index (χ2n) is 10.7. The van der Waals surface area contributed by atoms with E-state index in [0.717, 1.165) is 72.8 Å². The van der Waals surface area contributed by atoms with E-state index in [1.165, 1.54) is 0 Å². The summed E-state index contributed by atoms with van der Waals surface area (Å²) in [6, 6.07) is 39.8. The molecule has 0 unspecified atom stereocenters. The van der Waals surface area contributed by atoms with Crippen LogP contribution < -0.4 is 0 Å². The van der Waals surface area contributed by atoms with Gasteiger partial charge < -0.3 is 0 Å². The van der Waals surface area contributed by atoms with E-state index < -0.39 is 6.04 Å². The van der Waals surface area contributed by atoms with Gasteiger partial charge in [0.05, 0.1) is 17.9 Å². The summed E-state index contributed by atoms with van der Waals surface area (Å²) in [4.78, 5) is 4.92. The molecule has 1 aromatic heterocycles. The highest BCUT2D eigenvalue weighted by Crippen LogP contribution is 2.45. The van der Waals surface area contributed by atoms with Crippen LogP contribution in [0.4, 0.5) is 0 Å². The Bertz CT molecular complexity index is 2530. The van der Waals surface area contributed by atoms with Gasteiger partial charge >= 0.3 is 0 Å². The van der Waals surface area contributed by atoms with Crippen LogP contribution in [0.5, 0.6) is 0 Å². The zero-order valence-electron chi connectivity index (χ0n) is 28.6. The van der Waals surface area contributed by atoms with Gasteiger partial charge in [-0.1, -0.05) is 128 Å². The minimum atomic E-state index is -0.399. The maximum Gasteiger partial charge on any atom is 0.114 e. The van der Waals surface area contributed by atoms with E-state index >= 15 is 0 Å². The molecular weight excluding hydrogens is 520 g/mol. The molecule has 0 aliphatic heterocycles. The molecule has 0 N–H and O–H groups in total. The van der Waals surface area contributed by atoms with Gasteiger partial charge in [-0.2, -0.15) is 0 Å². The Morgan fingerprint density at radius 2 is 1.23 bits per heavy atom. The van der Waals surface area contributed by atoms with Crippen LogP contribution in [-0.4, -0.2) is 9.55 Å². The predicted octanol–water partition coefficient (Wildman–Crippen LogP) is 10.9. The van der Waals surface area contributed by atoms with Gasteiger partial charge in [-0.05, 0) is 85.3 Å². The second-order valence-corrected chi connectivity index (χ2v) is 10.7. The van der Waals surface area contributed by atoms with Gasteiger partial charge in [0.25, 0.3) is 0 Å². The average molecular weight is 556 g/mol. The van der Waals surface area contributed by atoms with Gasteiger partial charge in [0, 0.05) is 12.1 Å². The summed E-state index contributed by atoms with van der Waals surface area (Å²) in [5.74, 6) is 0.991. The first kappa shape index (κ1) is 20.4. The van der Waals surface area contributed by atoms with Crippen molar-refractivity contribution < 1.29 is 6.85 Å². The van der Waals surface area contributed by atoms with E-state index in [4.69, 9.17) is 11.8 Å². The van der Waals surface area contributed by atoms with Gasteiger partial charge in [0.1, 0.15) is 5.82 Å². The lowest BCUT2D eigenvalue weighted by molar-refractivity contribution is 0.908. The number of hydrogen-bond donors (Lipinski definition) is 0. The normalized spacial score (nSPS) is 13.1. The molecule has 0 radical (unpaired) electrons. The summed E-state index contributed by atoms with van der Waals surface area (Å²) in [5.41, 5.74) is 7.99. The highest BCUT2D eigenvalue weighted by Gasteiger charge is 2.18. The van der Waals surface area contributed by atoms with Crippen molar-refractivity contribution in [3.8, 4) is 39.1 Å². The summed E-state index contributed by atoms with van der Waals surface area (Å²) < 4.78 is 44.4. The Balaban J connectivity index is 1.47. The molecule has 43 heavy (non-hydrogen) atoms. The molecule has 0 saturated heterocycles. The Hall–Kier alpha value is -5.47. The van der Waals surface area contributed by atoms with E-state index in [0.29, 0.717) is 5.56 Å². The number of rotatable bonds is 5. The van der Waals surface area contributed by atoms with Crippen molar-refractivity contribution in [1.82, 2.24) is 9.55 Å². The lowest BCUT2D eigenvalue weighted by Gasteiger charge is -2.19. The number of nitrogens with zero attached hydrogens (tertiary/aromatic N) is 2. The van der Waals surface area contributed by atoms with Gasteiger partial charge in [-0.15, -0.1) is 0 Å². The largest absolute Gasteiger partial charge is 0.296 e. The summed E-state index contributed by atoms with van der Waals surface area (Å²) in [5, 5.41) is 4.11. The Labute approximate surface area is 258 Å². The molecule has 7 aromatic carbocycles. The van der Waals surface area contributed by atoms with Crippen molar-refractivity contribution in [3.63, 3.8) is 0 Å². The van der Waals surface area contributed by atoms with Crippen LogP contribution in [0, 0.1) is 0 Å². The van der Waals surface area contributed by atoms with Crippen LogP contribution in [0.25, 0.3) is 71.6 Å². The third-order valence-electron chi connectivity index (χ3n) is 8.21. The fourth-order valence-electron chi connectivity index (χ4n) is 6.36. The van der Waals surface area contributed by atoms with Crippen molar-refractivity contribution in [2.75, 3.05) is 0 Å². The number of hydrogen-bond acceptors (Lipinski definition) is 1. The lowest BCUT2D eigenvalue weighted by atomic mass is 9.85. The van der Waals surface area contributed by atoms with E-state index in [1.807, 2.05) is 60.7 Å². The minimum absolute atomic E-state index is 0.192. The number of aryl methyl sites for hydroxylation is 1. The lowest BCUT2D eigenvalue weighted by Crippen LogP contribution is -2.00. The third kappa shape index (κ3) is 4.23. The van der Waals surface area contributed by atoms with E-state index in [9.17, 15) is 0 Å². The molecule has 0 spiro atoms. The van der Waals surface area contributed by atoms with Crippen LogP contribution in [-0.2, 0) is 6.42 Å². The summed E-state index contributed by atoms with van der Waals surface area (Å²) >= 11 is 0. The molecule has 8 aromatic rings. The van der Waals surface area contributed by atoms with Crippen LogP contribution in [0.1, 0.15) is 19.6 Å². The van der Waals surface area contributed by atoms with Crippen molar-refractivity contribution >= 4 is 32.6 Å². The summed E-state index contributed by atoms with van der Waals surface area (Å²) in [6.07, 6.45) is 0.788. The van der Waals surface area contributed by atoms with Crippen LogP contribution in [0.3, 0.4) is 0 Å². The first-order chi connectivity index (χ1) is 23.4. The first-order valence-electron chi connectivity index (χ1n) is 17.1. The highest BCUT2D eigenvalue weighted by molar-refractivity contribution is 6.22. The first-order valence-corrected chi connectivity index (χ1v) is 14.6. The Morgan fingerprint density at radius 1 is 0.558 bits per heavy atom. The van der Waals surface area contributed by atoms with Crippen molar-refractivity contribution in [1.29, 1.82) is 0 Å². The zero-order valence-corrected chi connectivity index (χ0v) is 23.6. The molecule has 0 saturated carbocycles. The number of benzene rings is 7. The quantitative estimate of drug-likeness (QED) is 0.193. The number of para-hydroxylation sites is 2. The minimum Gasteiger partial charge on any atom is -0.296 e. The number of aromatic nitrogens is 2. The zero-order chi connectivity index (χ0) is 33.1. The van der Waals surface area contributed by atoms with E-state index in [1.54, 1.807) is 0 Å². The topological polar surface area (TPSA) is 17.8 Å². The molecule has 0 bridgehead atoms. The molecule has 2 nitrogen and oxygen atoms in total.